The maximum Gasteiger partial charge on any atom is 0.122 e. The molecule has 1 saturated heterocycles. The molecule has 0 unspecified atom stereocenters. The number of aryl methyl sites for hydroxylation is 1. The summed E-state index contributed by atoms with van der Waals surface area (Å²) in [5.41, 5.74) is 2.53. The van der Waals surface area contributed by atoms with Crippen LogP contribution in [0.15, 0.2) is 48.5 Å². The third kappa shape index (κ3) is 4.97. The third-order valence-corrected chi connectivity index (χ3v) is 4.79. The number of hydrogen-bond acceptors (Lipinski definition) is 3. The van der Waals surface area contributed by atoms with Crippen molar-refractivity contribution in [2.24, 2.45) is 0 Å². The van der Waals surface area contributed by atoms with E-state index in [1.807, 2.05) is 30.3 Å². The fraction of sp³-hybridized carbons (Fsp3) is 0.400. The Balaban J connectivity index is 1.37. The van der Waals surface area contributed by atoms with Gasteiger partial charge in [-0.25, -0.2) is 0 Å². The minimum absolute atomic E-state index is 0.752. The molecule has 128 valence electrons. The van der Waals surface area contributed by atoms with Gasteiger partial charge >= 0.3 is 0 Å². The van der Waals surface area contributed by atoms with Crippen molar-refractivity contribution in [3.8, 4) is 5.75 Å². The maximum absolute atomic E-state index is 5.94. The van der Waals surface area contributed by atoms with Crippen molar-refractivity contribution >= 4 is 11.6 Å². The van der Waals surface area contributed by atoms with Crippen LogP contribution in [0.4, 0.5) is 0 Å². The lowest BCUT2D eigenvalue weighted by Gasteiger charge is -2.34. The van der Waals surface area contributed by atoms with Gasteiger partial charge in [-0.2, -0.15) is 0 Å². The highest BCUT2D eigenvalue weighted by Gasteiger charge is 2.16. The molecular formula is C20H25ClN2O. The lowest BCUT2D eigenvalue weighted by atomic mass is 10.2. The monoisotopic (exact) mass is 344 g/mol. The molecule has 0 bridgehead atoms. The number of benzene rings is 2. The smallest absolute Gasteiger partial charge is 0.122 e. The predicted octanol–water partition coefficient (Wildman–Crippen LogP) is 3.85. The molecule has 1 heterocycles. The normalized spacial score (nSPS) is 16.2. The molecule has 2 aromatic rings. The number of hydrogen-bond donors (Lipinski definition) is 0. The van der Waals surface area contributed by atoms with E-state index in [2.05, 4.69) is 34.9 Å². The quantitative estimate of drug-likeness (QED) is 0.791. The van der Waals surface area contributed by atoms with E-state index in [9.17, 15) is 0 Å². The van der Waals surface area contributed by atoms with Crippen LogP contribution >= 0.6 is 11.6 Å². The Labute approximate surface area is 149 Å². The predicted molar refractivity (Wildman–Crippen MR) is 99.8 cm³/mol. The summed E-state index contributed by atoms with van der Waals surface area (Å²) < 4.78 is 5.91. The minimum atomic E-state index is 0.752. The molecule has 3 rings (SSSR count). The Morgan fingerprint density at radius 2 is 1.58 bits per heavy atom. The third-order valence-electron chi connectivity index (χ3n) is 4.54. The molecular weight excluding hydrogens is 320 g/mol. The highest BCUT2D eigenvalue weighted by molar-refractivity contribution is 6.30. The van der Waals surface area contributed by atoms with E-state index in [4.69, 9.17) is 16.3 Å². The lowest BCUT2D eigenvalue weighted by molar-refractivity contribution is 0.112. The molecule has 0 aliphatic carbocycles. The van der Waals surface area contributed by atoms with Gasteiger partial charge in [0.15, 0.2) is 0 Å². The minimum Gasteiger partial charge on any atom is -0.492 e. The first kappa shape index (κ1) is 17.3. The van der Waals surface area contributed by atoms with Crippen molar-refractivity contribution in [3.05, 3.63) is 64.7 Å². The number of halogens is 1. The molecule has 24 heavy (non-hydrogen) atoms. The van der Waals surface area contributed by atoms with Crippen LogP contribution in [0.5, 0.6) is 5.75 Å². The molecule has 0 spiro atoms. The van der Waals surface area contributed by atoms with Gasteiger partial charge in [0, 0.05) is 44.3 Å². The zero-order valence-electron chi connectivity index (χ0n) is 14.2. The Morgan fingerprint density at radius 1 is 0.917 bits per heavy atom. The first-order chi connectivity index (χ1) is 11.7. The van der Waals surface area contributed by atoms with Gasteiger partial charge in [-0.1, -0.05) is 41.9 Å². The fourth-order valence-corrected chi connectivity index (χ4v) is 3.15. The first-order valence-corrected chi connectivity index (χ1v) is 8.96. The Bertz CT molecular complexity index is 636. The van der Waals surface area contributed by atoms with Gasteiger partial charge < -0.3 is 4.74 Å². The molecule has 0 atom stereocenters. The van der Waals surface area contributed by atoms with Gasteiger partial charge in [0.05, 0.1) is 0 Å². The van der Waals surface area contributed by atoms with Crippen molar-refractivity contribution in [3.63, 3.8) is 0 Å². The van der Waals surface area contributed by atoms with Crippen LogP contribution < -0.4 is 4.74 Å². The topological polar surface area (TPSA) is 15.7 Å². The van der Waals surface area contributed by atoms with Gasteiger partial charge in [0.25, 0.3) is 0 Å². The lowest BCUT2D eigenvalue weighted by Crippen LogP contribution is -2.47. The van der Waals surface area contributed by atoms with E-state index in [1.54, 1.807) is 0 Å². The number of nitrogens with zero attached hydrogens (tertiary/aromatic N) is 2. The van der Waals surface area contributed by atoms with Gasteiger partial charge in [0.1, 0.15) is 12.4 Å². The summed E-state index contributed by atoms with van der Waals surface area (Å²) in [7, 11) is 0. The molecule has 3 nitrogen and oxygen atoms in total. The molecule has 1 aliphatic heterocycles. The van der Waals surface area contributed by atoms with Gasteiger partial charge in [-0.3, -0.25) is 9.80 Å². The zero-order valence-corrected chi connectivity index (χ0v) is 15.0. The van der Waals surface area contributed by atoms with Crippen molar-refractivity contribution in [1.29, 1.82) is 0 Å². The summed E-state index contributed by atoms with van der Waals surface area (Å²) in [6.07, 6.45) is 0. The van der Waals surface area contributed by atoms with Crippen LogP contribution in [-0.4, -0.2) is 49.1 Å². The summed E-state index contributed by atoms with van der Waals surface area (Å²) in [5, 5.41) is 0.803. The molecule has 2 aromatic carbocycles. The summed E-state index contributed by atoms with van der Waals surface area (Å²) >= 11 is 5.94. The van der Waals surface area contributed by atoms with E-state index in [-0.39, 0.29) is 0 Å². The van der Waals surface area contributed by atoms with Crippen molar-refractivity contribution in [1.82, 2.24) is 9.80 Å². The summed E-state index contributed by atoms with van der Waals surface area (Å²) in [4.78, 5) is 4.98. The van der Waals surface area contributed by atoms with Crippen LogP contribution in [0.3, 0.4) is 0 Å². The molecule has 1 aliphatic rings. The highest BCUT2D eigenvalue weighted by atomic mass is 35.5. The van der Waals surface area contributed by atoms with E-state index in [0.717, 1.165) is 56.6 Å². The largest absolute Gasteiger partial charge is 0.492 e. The summed E-state index contributed by atoms with van der Waals surface area (Å²) in [5.74, 6) is 0.999. The standard InChI is InChI=1S/C20H25ClN2O/c1-17-4-2-3-5-20(17)24-15-14-22-10-12-23(13-11-22)16-18-6-8-19(21)9-7-18/h2-9H,10-16H2,1H3. The summed E-state index contributed by atoms with van der Waals surface area (Å²) in [6, 6.07) is 16.4. The van der Waals surface area contributed by atoms with Crippen LogP contribution in [0.2, 0.25) is 5.02 Å². The van der Waals surface area contributed by atoms with Crippen LogP contribution in [-0.2, 0) is 6.54 Å². The Hall–Kier alpha value is -1.55. The molecule has 0 aromatic heterocycles. The number of rotatable bonds is 6. The number of ether oxygens (including phenoxy) is 1. The molecule has 0 saturated carbocycles. The van der Waals surface area contributed by atoms with Gasteiger partial charge in [-0.15, -0.1) is 0 Å². The van der Waals surface area contributed by atoms with Gasteiger partial charge in [-0.05, 0) is 36.2 Å². The van der Waals surface area contributed by atoms with E-state index < -0.39 is 0 Å². The number of piperazine rings is 1. The highest BCUT2D eigenvalue weighted by Crippen LogP contribution is 2.16. The molecule has 0 radical (unpaired) electrons. The van der Waals surface area contributed by atoms with Gasteiger partial charge in [0.2, 0.25) is 0 Å². The van der Waals surface area contributed by atoms with Crippen molar-refractivity contribution in [2.75, 3.05) is 39.3 Å². The van der Waals surface area contributed by atoms with E-state index >= 15 is 0 Å². The molecule has 1 fully saturated rings. The molecule has 0 N–H and O–H groups in total. The summed E-state index contributed by atoms with van der Waals surface area (Å²) in [6.45, 7) is 9.25. The van der Waals surface area contributed by atoms with Crippen LogP contribution in [0, 0.1) is 6.92 Å². The maximum atomic E-state index is 5.94. The SMILES string of the molecule is Cc1ccccc1OCCN1CCN(Cc2ccc(Cl)cc2)CC1. The van der Waals surface area contributed by atoms with Crippen molar-refractivity contribution in [2.45, 2.75) is 13.5 Å². The van der Waals surface area contributed by atoms with E-state index in [0.29, 0.717) is 0 Å². The second-order valence-corrected chi connectivity index (χ2v) is 6.79. The number of para-hydroxylation sites is 1. The second-order valence-electron chi connectivity index (χ2n) is 6.36. The average Bonchev–Trinajstić information content (AvgIpc) is 2.60. The van der Waals surface area contributed by atoms with Crippen LogP contribution in [0.25, 0.3) is 0 Å². The first-order valence-electron chi connectivity index (χ1n) is 8.58. The zero-order chi connectivity index (χ0) is 16.8. The fourth-order valence-electron chi connectivity index (χ4n) is 3.02. The molecule has 4 heteroatoms. The van der Waals surface area contributed by atoms with Crippen LogP contribution in [0.1, 0.15) is 11.1 Å². The average molecular weight is 345 g/mol. The van der Waals surface area contributed by atoms with Crippen molar-refractivity contribution < 1.29 is 4.74 Å². The van der Waals surface area contributed by atoms with E-state index in [1.165, 1.54) is 11.1 Å². The Kier molecular flexibility index (Phi) is 6.13. The Morgan fingerprint density at radius 3 is 2.29 bits per heavy atom. The molecule has 0 amide bonds. The second kappa shape index (κ2) is 8.52.